The zero-order valence-corrected chi connectivity index (χ0v) is 10.7. The van der Waals surface area contributed by atoms with Gasteiger partial charge in [-0.2, -0.15) is 0 Å². The minimum Gasteiger partial charge on any atom is -0.377 e. The quantitative estimate of drug-likeness (QED) is 0.872. The lowest BCUT2D eigenvalue weighted by Crippen LogP contribution is -2.44. The van der Waals surface area contributed by atoms with Crippen LogP contribution in [0.15, 0.2) is 24.3 Å². The van der Waals surface area contributed by atoms with Gasteiger partial charge in [-0.15, -0.1) is 0 Å². The van der Waals surface area contributed by atoms with Crippen LogP contribution in [0.3, 0.4) is 0 Å². The minimum absolute atomic E-state index is 0.168. The third-order valence-electron chi connectivity index (χ3n) is 3.76. The zero-order valence-electron chi connectivity index (χ0n) is 10.7. The van der Waals surface area contributed by atoms with Gasteiger partial charge in [0.15, 0.2) is 0 Å². The standard InChI is InChI=1S/C14H20FNO/c1-14(2,17-3)13-8-7-12(16-13)10-5-4-6-11(15)9-10/h4-6,9,12-13,16H,7-8H2,1-3H3/t12-,13+/m0/s1. The van der Waals surface area contributed by atoms with Gasteiger partial charge in [-0.1, -0.05) is 12.1 Å². The van der Waals surface area contributed by atoms with Gasteiger partial charge in [0.1, 0.15) is 5.82 Å². The fourth-order valence-electron chi connectivity index (χ4n) is 2.42. The molecular formula is C14H20FNO. The van der Waals surface area contributed by atoms with Gasteiger partial charge in [0.25, 0.3) is 0 Å². The smallest absolute Gasteiger partial charge is 0.123 e. The molecule has 2 rings (SSSR count). The maximum Gasteiger partial charge on any atom is 0.123 e. The van der Waals surface area contributed by atoms with Gasteiger partial charge in [0.05, 0.1) is 5.60 Å². The van der Waals surface area contributed by atoms with Crippen LogP contribution < -0.4 is 5.32 Å². The van der Waals surface area contributed by atoms with Gasteiger partial charge in [0, 0.05) is 19.2 Å². The highest BCUT2D eigenvalue weighted by Gasteiger charge is 2.36. The first-order valence-electron chi connectivity index (χ1n) is 6.09. The van der Waals surface area contributed by atoms with Crippen molar-refractivity contribution in [1.29, 1.82) is 0 Å². The van der Waals surface area contributed by atoms with Crippen LogP contribution in [0, 0.1) is 5.82 Å². The monoisotopic (exact) mass is 237 g/mol. The maximum atomic E-state index is 13.2. The second-order valence-corrected chi connectivity index (χ2v) is 5.21. The van der Waals surface area contributed by atoms with E-state index in [2.05, 4.69) is 19.2 Å². The van der Waals surface area contributed by atoms with E-state index in [9.17, 15) is 4.39 Å². The number of hydrogen-bond acceptors (Lipinski definition) is 2. The summed E-state index contributed by atoms with van der Waals surface area (Å²) in [5.74, 6) is -0.168. The molecule has 0 amide bonds. The molecular weight excluding hydrogens is 217 g/mol. The molecule has 2 atom stereocenters. The highest BCUT2D eigenvalue weighted by Crippen LogP contribution is 2.32. The van der Waals surface area contributed by atoms with Crippen LogP contribution in [0.1, 0.15) is 38.3 Å². The number of benzene rings is 1. The summed E-state index contributed by atoms with van der Waals surface area (Å²) in [7, 11) is 1.73. The second kappa shape index (κ2) is 4.75. The van der Waals surface area contributed by atoms with E-state index in [0.29, 0.717) is 6.04 Å². The Balaban J connectivity index is 2.08. The van der Waals surface area contributed by atoms with E-state index < -0.39 is 0 Å². The Morgan fingerprint density at radius 3 is 2.76 bits per heavy atom. The SMILES string of the molecule is COC(C)(C)[C@H]1CC[C@@H](c2cccc(F)c2)N1. The van der Waals surface area contributed by atoms with Crippen LogP contribution in [0.2, 0.25) is 0 Å². The molecule has 0 radical (unpaired) electrons. The Kier molecular flexibility index (Phi) is 3.50. The molecule has 0 unspecified atom stereocenters. The summed E-state index contributed by atoms with van der Waals surface area (Å²) >= 11 is 0. The summed E-state index contributed by atoms with van der Waals surface area (Å²) < 4.78 is 18.7. The Labute approximate surface area is 102 Å². The van der Waals surface area contributed by atoms with E-state index in [-0.39, 0.29) is 17.5 Å². The van der Waals surface area contributed by atoms with Crippen molar-refractivity contribution in [2.45, 2.75) is 44.4 Å². The predicted octanol–water partition coefficient (Wildman–Crippen LogP) is 3.04. The molecule has 1 aliphatic rings. The van der Waals surface area contributed by atoms with Gasteiger partial charge in [-0.3, -0.25) is 0 Å². The van der Waals surface area contributed by atoms with Crippen molar-refractivity contribution in [3.8, 4) is 0 Å². The predicted molar refractivity (Wildman–Crippen MR) is 66.4 cm³/mol. The Morgan fingerprint density at radius 1 is 1.35 bits per heavy atom. The maximum absolute atomic E-state index is 13.2. The number of halogens is 1. The van der Waals surface area contributed by atoms with E-state index in [4.69, 9.17) is 4.74 Å². The number of nitrogens with one attached hydrogen (secondary N) is 1. The second-order valence-electron chi connectivity index (χ2n) is 5.21. The number of hydrogen-bond donors (Lipinski definition) is 1. The zero-order chi connectivity index (χ0) is 12.5. The molecule has 1 fully saturated rings. The van der Waals surface area contributed by atoms with Gasteiger partial charge in [0.2, 0.25) is 0 Å². The Hall–Kier alpha value is -0.930. The van der Waals surface area contributed by atoms with E-state index in [1.165, 1.54) is 6.07 Å². The molecule has 3 heteroatoms. The molecule has 1 aromatic carbocycles. The third-order valence-corrected chi connectivity index (χ3v) is 3.76. The molecule has 94 valence electrons. The average molecular weight is 237 g/mol. The van der Waals surface area contributed by atoms with Crippen LogP contribution in [0.4, 0.5) is 4.39 Å². The van der Waals surface area contributed by atoms with E-state index in [0.717, 1.165) is 18.4 Å². The molecule has 1 aromatic rings. The Morgan fingerprint density at radius 2 is 2.12 bits per heavy atom. The van der Waals surface area contributed by atoms with Gasteiger partial charge in [-0.05, 0) is 44.4 Å². The van der Waals surface area contributed by atoms with E-state index in [1.54, 1.807) is 19.2 Å². The third kappa shape index (κ3) is 2.67. The van der Waals surface area contributed by atoms with Crippen LogP contribution >= 0.6 is 0 Å². The van der Waals surface area contributed by atoms with Crippen molar-refractivity contribution < 1.29 is 9.13 Å². The van der Waals surface area contributed by atoms with E-state index >= 15 is 0 Å². The number of methoxy groups -OCH3 is 1. The lowest BCUT2D eigenvalue weighted by molar-refractivity contribution is -0.00600. The van der Waals surface area contributed by atoms with Gasteiger partial charge >= 0.3 is 0 Å². The first-order valence-corrected chi connectivity index (χ1v) is 6.09. The molecule has 0 saturated carbocycles. The molecule has 1 aliphatic heterocycles. The van der Waals surface area contributed by atoms with Crippen molar-refractivity contribution in [2.24, 2.45) is 0 Å². The summed E-state index contributed by atoms with van der Waals surface area (Å²) in [6.45, 7) is 4.16. The molecule has 17 heavy (non-hydrogen) atoms. The summed E-state index contributed by atoms with van der Waals surface area (Å²) in [6, 6.07) is 7.39. The fraction of sp³-hybridized carbons (Fsp3) is 0.571. The van der Waals surface area contributed by atoms with Crippen molar-refractivity contribution in [2.75, 3.05) is 7.11 Å². The lowest BCUT2D eigenvalue weighted by Gasteiger charge is -2.31. The van der Waals surface area contributed by atoms with Crippen LogP contribution in [0.25, 0.3) is 0 Å². The first kappa shape index (κ1) is 12.5. The molecule has 2 nitrogen and oxygen atoms in total. The van der Waals surface area contributed by atoms with Crippen molar-refractivity contribution in [3.63, 3.8) is 0 Å². The highest BCUT2D eigenvalue weighted by molar-refractivity contribution is 5.21. The normalized spacial score (nSPS) is 25.2. The number of ether oxygens (including phenoxy) is 1. The summed E-state index contributed by atoms with van der Waals surface area (Å²) in [5.41, 5.74) is 0.849. The fourth-order valence-corrected chi connectivity index (χ4v) is 2.42. The van der Waals surface area contributed by atoms with Crippen molar-refractivity contribution >= 4 is 0 Å². The van der Waals surface area contributed by atoms with Crippen LogP contribution in [-0.4, -0.2) is 18.8 Å². The number of rotatable bonds is 3. The molecule has 1 N–H and O–H groups in total. The summed E-state index contributed by atoms with van der Waals surface area (Å²) in [4.78, 5) is 0. The lowest BCUT2D eigenvalue weighted by atomic mass is 9.97. The van der Waals surface area contributed by atoms with Gasteiger partial charge < -0.3 is 10.1 Å². The highest BCUT2D eigenvalue weighted by atomic mass is 19.1. The minimum atomic E-state index is -0.178. The average Bonchev–Trinajstić information content (AvgIpc) is 2.79. The first-order chi connectivity index (χ1) is 8.03. The molecule has 0 aromatic heterocycles. The largest absolute Gasteiger partial charge is 0.377 e. The molecule has 0 bridgehead atoms. The molecule has 1 saturated heterocycles. The summed E-state index contributed by atoms with van der Waals surface area (Å²) in [5, 5.41) is 3.53. The van der Waals surface area contributed by atoms with Crippen LogP contribution in [0.5, 0.6) is 0 Å². The molecule has 0 aliphatic carbocycles. The topological polar surface area (TPSA) is 21.3 Å². The molecule has 1 heterocycles. The summed E-state index contributed by atoms with van der Waals surface area (Å²) in [6.07, 6.45) is 2.09. The Bertz CT molecular complexity index is 392. The molecule has 0 spiro atoms. The van der Waals surface area contributed by atoms with Gasteiger partial charge in [-0.25, -0.2) is 4.39 Å². The van der Waals surface area contributed by atoms with Crippen LogP contribution in [-0.2, 0) is 4.74 Å². The van der Waals surface area contributed by atoms with Crippen molar-refractivity contribution in [1.82, 2.24) is 5.32 Å². The van der Waals surface area contributed by atoms with E-state index in [1.807, 2.05) is 6.07 Å². The van der Waals surface area contributed by atoms with Crippen molar-refractivity contribution in [3.05, 3.63) is 35.6 Å².